The summed E-state index contributed by atoms with van der Waals surface area (Å²) in [5, 5.41) is 3.44. The van der Waals surface area contributed by atoms with Gasteiger partial charge in [0.2, 0.25) is 0 Å². The number of fused-ring (bicyclic) bond motifs is 1. The van der Waals surface area contributed by atoms with E-state index in [0.717, 1.165) is 31.8 Å². The zero-order valence-electron chi connectivity index (χ0n) is 15.2. The van der Waals surface area contributed by atoms with Gasteiger partial charge in [0.15, 0.2) is 5.65 Å². The lowest BCUT2D eigenvalue weighted by Gasteiger charge is -2.10. The van der Waals surface area contributed by atoms with Gasteiger partial charge in [-0.05, 0) is 60.2 Å². The minimum Gasteiger partial charge on any atom is -0.366 e. The van der Waals surface area contributed by atoms with Crippen LogP contribution in [0.5, 0.6) is 0 Å². The van der Waals surface area contributed by atoms with Crippen molar-refractivity contribution in [2.24, 2.45) is 0 Å². The van der Waals surface area contributed by atoms with Gasteiger partial charge in [-0.15, -0.1) is 0 Å². The third-order valence-corrected chi connectivity index (χ3v) is 5.25. The molecule has 0 bridgehead atoms. The van der Waals surface area contributed by atoms with Crippen LogP contribution in [0.1, 0.15) is 25.5 Å². The average molecular weight is 469 g/mol. The Morgan fingerprint density at radius 1 is 1.07 bits per heavy atom. The highest BCUT2D eigenvalue weighted by Crippen LogP contribution is 2.24. The predicted octanol–water partition coefficient (Wildman–Crippen LogP) is 5.29. The van der Waals surface area contributed by atoms with E-state index in [2.05, 4.69) is 80.6 Å². The van der Waals surface area contributed by atoms with Crippen molar-refractivity contribution in [3.05, 3.63) is 70.2 Å². The van der Waals surface area contributed by atoms with Gasteiger partial charge in [-0.1, -0.05) is 30.3 Å². The molecule has 0 saturated heterocycles. The van der Waals surface area contributed by atoms with Crippen LogP contribution < -0.4 is 5.32 Å². The first-order chi connectivity index (χ1) is 13.1. The van der Waals surface area contributed by atoms with Gasteiger partial charge in [0, 0.05) is 27.9 Å². The van der Waals surface area contributed by atoms with E-state index >= 15 is 0 Å². The van der Waals surface area contributed by atoms with E-state index in [4.69, 9.17) is 4.98 Å². The molecule has 1 N–H and O–H groups in total. The van der Waals surface area contributed by atoms with E-state index in [1.54, 1.807) is 0 Å². The lowest BCUT2D eigenvalue weighted by atomic mass is 10.1. The van der Waals surface area contributed by atoms with Gasteiger partial charge in [-0.3, -0.25) is 4.98 Å². The molecule has 6 heteroatoms. The summed E-state index contributed by atoms with van der Waals surface area (Å²) in [7, 11) is 0. The molecule has 0 aliphatic rings. The van der Waals surface area contributed by atoms with E-state index in [1.165, 1.54) is 5.56 Å². The number of rotatable bonds is 5. The summed E-state index contributed by atoms with van der Waals surface area (Å²) in [4.78, 5) is 13.7. The molecule has 0 fully saturated rings. The van der Waals surface area contributed by atoms with Crippen molar-refractivity contribution in [2.45, 2.75) is 26.4 Å². The molecule has 4 aromatic rings. The third kappa shape index (κ3) is 3.80. The van der Waals surface area contributed by atoms with Gasteiger partial charge in [0.1, 0.15) is 11.3 Å². The van der Waals surface area contributed by atoms with Crippen molar-refractivity contribution in [3.63, 3.8) is 0 Å². The fraction of sp³-hybridized carbons (Fsp3) is 0.190. The van der Waals surface area contributed by atoms with E-state index in [-0.39, 0.29) is 0 Å². The molecule has 0 saturated carbocycles. The molecular weight excluding hydrogens is 449 g/mol. The molecule has 0 amide bonds. The van der Waals surface area contributed by atoms with Crippen LogP contribution >= 0.6 is 22.6 Å². The quantitative estimate of drug-likeness (QED) is 0.404. The van der Waals surface area contributed by atoms with E-state index < -0.39 is 0 Å². The molecule has 27 heavy (non-hydrogen) atoms. The molecule has 0 aliphatic heterocycles. The van der Waals surface area contributed by atoms with Crippen LogP contribution in [-0.4, -0.2) is 19.5 Å². The van der Waals surface area contributed by atoms with Crippen molar-refractivity contribution in [1.82, 2.24) is 19.5 Å². The number of halogens is 1. The molecule has 0 aliphatic carbocycles. The molecule has 0 unspecified atom stereocenters. The van der Waals surface area contributed by atoms with E-state index in [1.807, 2.05) is 36.8 Å². The molecule has 136 valence electrons. The van der Waals surface area contributed by atoms with Crippen molar-refractivity contribution in [2.75, 3.05) is 5.32 Å². The normalized spacial score (nSPS) is 11.3. The van der Waals surface area contributed by atoms with Crippen LogP contribution in [0.4, 0.5) is 5.82 Å². The monoisotopic (exact) mass is 469 g/mol. The summed E-state index contributed by atoms with van der Waals surface area (Å²) in [5.41, 5.74) is 5.18. The number of anilines is 1. The number of pyridine rings is 2. The Morgan fingerprint density at radius 3 is 2.59 bits per heavy atom. The number of hydrogen-bond acceptors (Lipinski definition) is 4. The summed E-state index contributed by atoms with van der Waals surface area (Å²) >= 11 is 2.32. The summed E-state index contributed by atoms with van der Waals surface area (Å²) in [6.07, 6.45) is 3.68. The third-order valence-electron chi connectivity index (χ3n) is 4.43. The molecule has 3 aromatic heterocycles. The van der Waals surface area contributed by atoms with Gasteiger partial charge in [0.05, 0.1) is 12.0 Å². The molecule has 5 nitrogen and oxygen atoms in total. The number of nitrogens with one attached hydrogen (secondary N) is 1. The first-order valence-electron chi connectivity index (χ1n) is 8.89. The largest absolute Gasteiger partial charge is 0.366 e. The summed E-state index contributed by atoms with van der Waals surface area (Å²) in [5.74, 6) is 0.864. The van der Waals surface area contributed by atoms with Crippen molar-refractivity contribution in [3.8, 4) is 11.3 Å². The zero-order chi connectivity index (χ0) is 18.8. The molecule has 3 heterocycles. The molecule has 0 spiro atoms. The molecule has 1 aromatic carbocycles. The lowest BCUT2D eigenvalue weighted by Crippen LogP contribution is -2.05. The number of aromatic nitrogens is 4. The number of hydrogen-bond donors (Lipinski definition) is 1. The second-order valence-corrected chi connectivity index (χ2v) is 7.83. The van der Waals surface area contributed by atoms with Gasteiger partial charge in [-0.2, -0.15) is 0 Å². The maximum absolute atomic E-state index is 4.77. The SMILES string of the molecule is CC(C)n1cnc2c(I)cc(NCc3ccc(-c4ccccn4)cc3)nc21. The standard InChI is InChI=1S/C21H20IN5/c1-14(2)27-13-25-20-17(22)11-19(26-21(20)27)24-12-15-6-8-16(9-7-15)18-5-3-4-10-23-18/h3-11,13-14H,12H2,1-2H3,(H,24,26). The molecule has 0 atom stereocenters. The topological polar surface area (TPSA) is 55.6 Å². The minimum atomic E-state index is 0.327. The average Bonchev–Trinajstić information content (AvgIpc) is 3.12. The Bertz CT molecular complexity index is 1060. The second kappa shape index (κ2) is 7.64. The first-order valence-corrected chi connectivity index (χ1v) is 9.97. The van der Waals surface area contributed by atoms with Crippen LogP contribution in [0.25, 0.3) is 22.4 Å². The molecule has 0 radical (unpaired) electrons. The highest BCUT2D eigenvalue weighted by Gasteiger charge is 2.11. The predicted molar refractivity (Wildman–Crippen MR) is 118 cm³/mol. The fourth-order valence-corrected chi connectivity index (χ4v) is 3.63. The first kappa shape index (κ1) is 17.9. The Balaban J connectivity index is 1.52. The maximum Gasteiger partial charge on any atom is 0.163 e. The summed E-state index contributed by atoms with van der Waals surface area (Å²) in [6.45, 7) is 4.99. The zero-order valence-corrected chi connectivity index (χ0v) is 17.4. The summed E-state index contributed by atoms with van der Waals surface area (Å²) in [6, 6.07) is 16.8. The van der Waals surface area contributed by atoms with Gasteiger partial charge >= 0.3 is 0 Å². The van der Waals surface area contributed by atoms with Crippen molar-refractivity contribution in [1.29, 1.82) is 0 Å². The Labute approximate surface area is 172 Å². The number of nitrogens with zero attached hydrogens (tertiary/aromatic N) is 4. The van der Waals surface area contributed by atoms with Crippen LogP contribution in [0.2, 0.25) is 0 Å². The van der Waals surface area contributed by atoms with E-state index in [0.29, 0.717) is 12.6 Å². The maximum atomic E-state index is 4.77. The molecular formula is C21H20IN5. The van der Waals surface area contributed by atoms with Crippen molar-refractivity contribution >= 4 is 39.6 Å². The van der Waals surface area contributed by atoms with Crippen LogP contribution in [0.3, 0.4) is 0 Å². The lowest BCUT2D eigenvalue weighted by molar-refractivity contribution is 0.613. The Kier molecular flexibility index (Phi) is 5.07. The minimum absolute atomic E-state index is 0.327. The van der Waals surface area contributed by atoms with Crippen LogP contribution in [-0.2, 0) is 6.54 Å². The van der Waals surface area contributed by atoms with Gasteiger partial charge in [-0.25, -0.2) is 9.97 Å². The van der Waals surface area contributed by atoms with Crippen LogP contribution in [0, 0.1) is 3.57 Å². The Morgan fingerprint density at radius 2 is 1.89 bits per heavy atom. The molecule has 4 rings (SSSR count). The van der Waals surface area contributed by atoms with Crippen LogP contribution in [0.15, 0.2) is 61.1 Å². The Hall–Kier alpha value is -2.48. The van der Waals surface area contributed by atoms with Gasteiger partial charge < -0.3 is 9.88 Å². The van der Waals surface area contributed by atoms with Gasteiger partial charge in [0.25, 0.3) is 0 Å². The highest BCUT2D eigenvalue weighted by atomic mass is 127. The second-order valence-electron chi connectivity index (χ2n) is 6.67. The fourth-order valence-electron chi connectivity index (χ4n) is 2.96. The van der Waals surface area contributed by atoms with E-state index in [9.17, 15) is 0 Å². The smallest absolute Gasteiger partial charge is 0.163 e. The highest BCUT2D eigenvalue weighted by molar-refractivity contribution is 14.1. The summed E-state index contributed by atoms with van der Waals surface area (Å²) < 4.78 is 3.20. The number of benzene rings is 1. The number of imidazole rings is 1. The van der Waals surface area contributed by atoms with Crippen molar-refractivity contribution < 1.29 is 0 Å².